The van der Waals surface area contributed by atoms with Gasteiger partial charge in [-0.25, -0.2) is 0 Å². The maximum Gasteiger partial charge on any atom is 0.271 e. The summed E-state index contributed by atoms with van der Waals surface area (Å²) in [5, 5.41) is 0. The van der Waals surface area contributed by atoms with Crippen LogP contribution in [0.4, 0.5) is 5.69 Å². The van der Waals surface area contributed by atoms with Crippen LogP contribution >= 0.6 is 15.9 Å². The van der Waals surface area contributed by atoms with Gasteiger partial charge in [0, 0.05) is 4.47 Å². The van der Waals surface area contributed by atoms with Crippen LogP contribution in [0.25, 0.3) is 11.3 Å². The fourth-order valence-corrected chi connectivity index (χ4v) is 2.02. The van der Waals surface area contributed by atoms with E-state index in [1.807, 2.05) is 31.2 Å². The maximum atomic E-state index is 11.4. The van der Waals surface area contributed by atoms with Crippen LogP contribution in [-0.4, -0.2) is 4.98 Å². The standard InChI is InChI=1S/C12H11BrN2O/c1-7-2-4-8(5-3-7)11-9(13)6-10(14)12(16)15-11/h2-6H,14H2,1H3,(H,15,16). The van der Waals surface area contributed by atoms with Crippen LogP contribution in [0.1, 0.15) is 5.56 Å². The number of H-pyrrole nitrogens is 1. The molecule has 0 bridgehead atoms. The number of hydrogen-bond donors (Lipinski definition) is 2. The van der Waals surface area contributed by atoms with Gasteiger partial charge >= 0.3 is 0 Å². The lowest BCUT2D eigenvalue weighted by molar-refractivity contribution is 1.23. The first-order chi connectivity index (χ1) is 7.58. The molecule has 0 saturated carbocycles. The van der Waals surface area contributed by atoms with Gasteiger partial charge < -0.3 is 10.7 Å². The Hall–Kier alpha value is -1.55. The zero-order chi connectivity index (χ0) is 11.7. The molecule has 4 heteroatoms. The summed E-state index contributed by atoms with van der Waals surface area (Å²) in [6, 6.07) is 9.53. The van der Waals surface area contributed by atoms with Crippen LogP contribution in [0.3, 0.4) is 0 Å². The normalized spacial score (nSPS) is 10.4. The Kier molecular flexibility index (Phi) is 2.83. The van der Waals surface area contributed by atoms with Crippen molar-refractivity contribution in [1.82, 2.24) is 4.98 Å². The van der Waals surface area contributed by atoms with E-state index in [9.17, 15) is 4.79 Å². The molecule has 0 unspecified atom stereocenters. The Morgan fingerprint density at radius 3 is 2.50 bits per heavy atom. The number of anilines is 1. The molecule has 3 N–H and O–H groups in total. The molecule has 1 aromatic heterocycles. The number of halogens is 1. The third kappa shape index (κ3) is 2.02. The van der Waals surface area contributed by atoms with Gasteiger partial charge in [-0.15, -0.1) is 0 Å². The second-order valence-electron chi connectivity index (χ2n) is 3.64. The fourth-order valence-electron chi connectivity index (χ4n) is 1.45. The van der Waals surface area contributed by atoms with Crippen molar-refractivity contribution in [2.75, 3.05) is 5.73 Å². The first-order valence-corrected chi connectivity index (χ1v) is 5.62. The first kappa shape index (κ1) is 11.0. The van der Waals surface area contributed by atoms with Crippen molar-refractivity contribution in [1.29, 1.82) is 0 Å². The van der Waals surface area contributed by atoms with Crippen molar-refractivity contribution < 1.29 is 0 Å². The third-order valence-electron chi connectivity index (χ3n) is 2.36. The van der Waals surface area contributed by atoms with E-state index in [1.165, 1.54) is 5.56 Å². The molecule has 0 aliphatic heterocycles. The van der Waals surface area contributed by atoms with Gasteiger partial charge in [-0.1, -0.05) is 29.8 Å². The summed E-state index contributed by atoms with van der Waals surface area (Å²) < 4.78 is 0.786. The number of nitrogens with two attached hydrogens (primary N) is 1. The number of hydrogen-bond acceptors (Lipinski definition) is 2. The van der Waals surface area contributed by atoms with Crippen LogP contribution in [0.15, 0.2) is 39.6 Å². The minimum atomic E-state index is -0.265. The number of aromatic amines is 1. The van der Waals surface area contributed by atoms with E-state index < -0.39 is 0 Å². The molecule has 0 atom stereocenters. The molecule has 2 aromatic rings. The highest BCUT2D eigenvalue weighted by Crippen LogP contribution is 2.25. The molecule has 82 valence electrons. The number of rotatable bonds is 1. The highest BCUT2D eigenvalue weighted by molar-refractivity contribution is 9.10. The van der Waals surface area contributed by atoms with E-state index in [0.717, 1.165) is 15.7 Å². The monoisotopic (exact) mass is 278 g/mol. The SMILES string of the molecule is Cc1ccc(-c2[nH]c(=O)c(N)cc2Br)cc1. The molecule has 16 heavy (non-hydrogen) atoms. The molecule has 0 saturated heterocycles. The topological polar surface area (TPSA) is 58.9 Å². The fraction of sp³-hybridized carbons (Fsp3) is 0.0833. The predicted octanol–water partition coefficient (Wildman–Crippen LogP) is 2.70. The minimum Gasteiger partial charge on any atom is -0.394 e. The molecule has 0 fully saturated rings. The lowest BCUT2D eigenvalue weighted by atomic mass is 10.1. The average Bonchev–Trinajstić information content (AvgIpc) is 2.25. The van der Waals surface area contributed by atoms with Crippen LogP contribution < -0.4 is 11.3 Å². The van der Waals surface area contributed by atoms with Crippen LogP contribution in [0, 0.1) is 6.92 Å². The lowest BCUT2D eigenvalue weighted by Crippen LogP contribution is -2.12. The quantitative estimate of drug-likeness (QED) is 0.843. The molecule has 0 aliphatic carbocycles. The van der Waals surface area contributed by atoms with Gasteiger partial charge in [-0.05, 0) is 34.5 Å². The summed E-state index contributed by atoms with van der Waals surface area (Å²) in [7, 11) is 0. The Labute approximate surface area is 101 Å². The summed E-state index contributed by atoms with van der Waals surface area (Å²) in [4.78, 5) is 14.2. The summed E-state index contributed by atoms with van der Waals surface area (Å²) >= 11 is 3.39. The Morgan fingerprint density at radius 2 is 1.88 bits per heavy atom. The Morgan fingerprint density at radius 1 is 1.25 bits per heavy atom. The number of aromatic nitrogens is 1. The molecular formula is C12H11BrN2O. The van der Waals surface area contributed by atoms with Crippen molar-refractivity contribution in [3.8, 4) is 11.3 Å². The molecule has 2 rings (SSSR count). The number of nitrogen functional groups attached to an aromatic ring is 1. The molecule has 3 nitrogen and oxygen atoms in total. The largest absolute Gasteiger partial charge is 0.394 e. The molecule has 1 heterocycles. The van der Waals surface area contributed by atoms with Crippen LogP contribution in [-0.2, 0) is 0 Å². The van der Waals surface area contributed by atoms with Crippen LogP contribution in [0.2, 0.25) is 0 Å². The molecule has 0 amide bonds. The van der Waals surface area contributed by atoms with E-state index in [1.54, 1.807) is 6.07 Å². The number of aryl methyl sites for hydroxylation is 1. The molecule has 0 aliphatic rings. The van der Waals surface area contributed by atoms with Gasteiger partial charge in [-0.2, -0.15) is 0 Å². The van der Waals surface area contributed by atoms with Gasteiger partial charge in [-0.3, -0.25) is 4.79 Å². The van der Waals surface area contributed by atoms with Crippen molar-refractivity contribution >= 4 is 21.6 Å². The van der Waals surface area contributed by atoms with Gasteiger partial charge in [0.1, 0.15) is 0 Å². The zero-order valence-electron chi connectivity index (χ0n) is 8.75. The summed E-state index contributed by atoms with van der Waals surface area (Å²) in [6.45, 7) is 2.02. The maximum absolute atomic E-state index is 11.4. The molecule has 0 spiro atoms. The van der Waals surface area contributed by atoms with Gasteiger partial charge in [0.25, 0.3) is 5.56 Å². The van der Waals surface area contributed by atoms with Crippen molar-refractivity contribution in [3.05, 3.63) is 50.7 Å². The molecule has 1 aromatic carbocycles. The van der Waals surface area contributed by atoms with E-state index in [0.29, 0.717) is 0 Å². The number of benzene rings is 1. The first-order valence-electron chi connectivity index (χ1n) is 4.83. The average molecular weight is 279 g/mol. The van der Waals surface area contributed by atoms with Crippen molar-refractivity contribution in [3.63, 3.8) is 0 Å². The summed E-state index contributed by atoms with van der Waals surface area (Å²) in [6.07, 6.45) is 0. The second kappa shape index (κ2) is 4.14. The lowest BCUT2D eigenvalue weighted by Gasteiger charge is -2.05. The highest BCUT2D eigenvalue weighted by atomic mass is 79.9. The Balaban J connectivity index is 2.60. The van der Waals surface area contributed by atoms with E-state index in [4.69, 9.17) is 5.73 Å². The van der Waals surface area contributed by atoms with Crippen molar-refractivity contribution in [2.24, 2.45) is 0 Å². The number of pyridine rings is 1. The predicted molar refractivity (Wildman–Crippen MR) is 69.3 cm³/mol. The van der Waals surface area contributed by atoms with Gasteiger partial charge in [0.05, 0.1) is 11.4 Å². The van der Waals surface area contributed by atoms with E-state index in [-0.39, 0.29) is 11.2 Å². The second-order valence-corrected chi connectivity index (χ2v) is 4.50. The van der Waals surface area contributed by atoms with Crippen LogP contribution in [0.5, 0.6) is 0 Å². The minimum absolute atomic E-state index is 0.211. The van der Waals surface area contributed by atoms with Crippen molar-refractivity contribution in [2.45, 2.75) is 6.92 Å². The number of nitrogens with one attached hydrogen (secondary N) is 1. The highest BCUT2D eigenvalue weighted by Gasteiger charge is 2.06. The van der Waals surface area contributed by atoms with E-state index >= 15 is 0 Å². The zero-order valence-corrected chi connectivity index (χ0v) is 10.3. The molecule has 0 radical (unpaired) electrons. The Bertz CT molecular complexity index is 573. The third-order valence-corrected chi connectivity index (χ3v) is 2.99. The van der Waals surface area contributed by atoms with E-state index in [2.05, 4.69) is 20.9 Å². The summed E-state index contributed by atoms with van der Waals surface area (Å²) in [5.74, 6) is 0. The molecular weight excluding hydrogens is 268 g/mol. The van der Waals surface area contributed by atoms with Gasteiger partial charge in [0.2, 0.25) is 0 Å². The summed E-state index contributed by atoms with van der Waals surface area (Å²) in [5.41, 5.74) is 8.34. The van der Waals surface area contributed by atoms with Gasteiger partial charge in [0.15, 0.2) is 0 Å². The smallest absolute Gasteiger partial charge is 0.271 e.